The molecular formula is C22H30F3N7O3. The highest BCUT2D eigenvalue weighted by Crippen LogP contribution is 2.25. The lowest BCUT2D eigenvalue weighted by molar-refractivity contribution is -0.154. The Morgan fingerprint density at radius 2 is 1.94 bits per heavy atom. The molecule has 2 amide bonds. The number of anilines is 1. The lowest BCUT2D eigenvalue weighted by Gasteiger charge is -2.34. The van der Waals surface area contributed by atoms with Crippen LogP contribution in [0.2, 0.25) is 0 Å². The highest BCUT2D eigenvalue weighted by molar-refractivity contribution is 6.03. The quantitative estimate of drug-likeness (QED) is 0.494. The third-order valence-corrected chi connectivity index (χ3v) is 5.55. The van der Waals surface area contributed by atoms with Gasteiger partial charge in [0.25, 0.3) is 5.91 Å². The molecule has 1 aromatic heterocycles. The number of pyridine rings is 1. The first-order valence-corrected chi connectivity index (χ1v) is 11.2. The molecule has 0 saturated carbocycles. The summed E-state index contributed by atoms with van der Waals surface area (Å²) >= 11 is 0. The van der Waals surface area contributed by atoms with Crippen molar-refractivity contribution in [1.82, 2.24) is 25.8 Å². The van der Waals surface area contributed by atoms with Gasteiger partial charge in [0, 0.05) is 57.0 Å². The highest BCUT2D eigenvalue weighted by atomic mass is 19.4. The first kappa shape index (κ1) is 26.3. The zero-order chi connectivity index (χ0) is 25.6. The van der Waals surface area contributed by atoms with E-state index < -0.39 is 24.2 Å². The van der Waals surface area contributed by atoms with Crippen LogP contribution in [0.3, 0.4) is 0 Å². The molecule has 2 aliphatic rings. The molecule has 10 nitrogen and oxygen atoms in total. The van der Waals surface area contributed by atoms with Crippen molar-refractivity contribution in [2.24, 2.45) is 4.99 Å². The molecule has 0 aliphatic carbocycles. The second-order valence-electron chi connectivity index (χ2n) is 8.56. The third kappa shape index (κ3) is 7.31. The number of ether oxygens (including phenoxy) is 1. The summed E-state index contributed by atoms with van der Waals surface area (Å²) < 4.78 is 42.6. The van der Waals surface area contributed by atoms with E-state index in [1.165, 1.54) is 18.5 Å². The topological polar surface area (TPSA) is 111 Å². The number of amides is 2. The van der Waals surface area contributed by atoms with Crippen LogP contribution in [0, 0.1) is 0 Å². The summed E-state index contributed by atoms with van der Waals surface area (Å²) in [5, 5.41) is 8.43. The molecule has 1 fully saturated rings. The van der Waals surface area contributed by atoms with E-state index in [9.17, 15) is 22.8 Å². The minimum absolute atomic E-state index is 0.0819. The Kier molecular flexibility index (Phi) is 8.20. The van der Waals surface area contributed by atoms with E-state index in [0.717, 1.165) is 13.1 Å². The molecule has 0 bridgehead atoms. The van der Waals surface area contributed by atoms with Crippen molar-refractivity contribution in [2.75, 3.05) is 44.7 Å². The molecule has 1 saturated heterocycles. The molecule has 3 N–H and O–H groups in total. The average Bonchev–Trinajstić information content (AvgIpc) is 2.81. The van der Waals surface area contributed by atoms with Gasteiger partial charge >= 0.3 is 6.18 Å². The van der Waals surface area contributed by atoms with Gasteiger partial charge in [-0.05, 0) is 20.0 Å². The summed E-state index contributed by atoms with van der Waals surface area (Å²) in [7, 11) is 1.99. The molecule has 3 heterocycles. The van der Waals surface area contributed by atoms with Gasteiger partial charge in [0.05, 0.1) is 6.20 Å². The molecule has 3 rings (SSSR count). The number of hydrogen-bond acceptors (Lipinski definition) is 8. The molecule has 192 valence electrons. The number of carbonyl (C=O) groups excluding carboxylic acids is 2. The van der Waals surface area contributed by atoms with Crippen molar-refractivity contribution < 1.29 is 27.5 Å². The summed E-state index contributed by atoms with van der Waals surface area (Å²) in [5.74, 6) is 0.00622. The zero-order valence-electron chi connectivity index (χ0n) is 19.9. The maximum Gasteiger partial charge on any atom is 0.422 e. The average molecular weight is 498 g/mol. The van der Waals surface area contributed by atoms with Crippen LogP contribution >= 0.6 is 0 Å². The van der Waals surface area contributed by atoms with Crippen LogP contribution in [0.1, 0.15) is 25.8 Å². The second-order valence-corrected chi connectivity index (χ2v) is 8.56. The molecular weight excluding hydrogens is 467 g/mol. The van der Waals surface area contributed by atoms with Crippen LogP contribution in [0.5, 0.6) is 5.88 Å². The van der Waals surface area contributed by atoms with Crippen molar-refractivity contribution in [3.63, 3.8) is 0 Å². The summed E-state index contributed by atoms with van der Waals surface area (Å²) in [4.78, 5) is 37.2. The third-order valence-electron chi connectivity index (χ3n) is 5.55. The van der Waals surface area contributed by atoms with E-state index in [0.29, 0.717) is 30.3 Å². The van der Waals surface area contributed by atoms with Crippen LogP contribution in [-0.2, 0) is 16.1 Å². The molecule has 0 spiro atoms. The second kappa shape index (κ2) is 10.9. The molecule has 0 radical (unpaired) electrons. The first-order chi connectivity index (χ1) is 16.5. The smallest absolute Gasteiger partial charge is 0.422 e. The number of piperazine rings is 1. The maximum atomic E-state index is 13.0. The highest BCUT2D eigenvalue weighted by Gasteiger charge is 2.34. The van der Waals surface area contributed by atoms with E-state index in [-0.39, 0.29) is 24.8 Å². The Balaban J connectivity index is 1.72. The zero-order valence-corrected chi connectivity index (χ0v) is 19.9. The first-order valence-electron chi connectivity index (χ1n) is 11.2. The Hall–Kier alpha value is -3.35. The lowest BCUT2D eigenvalue weighted by Crippen LogP contribution is -2.58. The Labute approximate surface area is 201 Å². The van der Waals surface area contributed by atoms with Gasteiger partial charge in [-0.2, -0.15) is 18.2 Å². The summed E-state index contributed by atoms with van der Waals surface area (Å²) in [5.41, 5.74) is -0.587. The van der Waals surface area contributed by atoms with Gasteiger partial charge < -0.3 is 30.5 Å². The van der Waals surface area contributed by atoms with E-state index >= 15 is 0 Å². The molecule has 35 heavy (non-hydrogen) atoms. The van der Waals surface area contributed by atoms with Gasteiger partial charge in [0.2, 0.25) is 11.8 Å². The molecule has 13 heteroatoms. The number of aliphatic imine (C=N–C) groups is 1. The SMILES string of the molecule is CCC(=O)NC1=CN=CC(C)(C(=O)NCc2ccc(OCC(F)(F)F)nc2N2CCN(C)CC2)N1. The summed E-state index contributed by atoms with van der Waals surface area (Å²) in [6, 6.07) is 2.96. The maximum absolute atomic E-state index is 13.0. The van der Waals surface area contributed by atoms with Crippen LogP contribution in [0.15, 0.2) is 29.1 Å². The minimum Gasteiger partial charge on any atom is -0.468 e. The predicted molar refractivity (Wildman–Crippen MR) is 124 cm³/mol. The van der Waals surface area contributed by atoms with Gasteiger partial charge in [-0.3, -0.25) is 14.6 Å². The lowest BCUT2D eigenvalue weighted by atomic mass is 10.0. The van der Waals surface area contributed by atoms with Gasteiger partial charge in [0.1, 0.15) is 11.6 Å². The molecule has 1 atom stereocenters. The van der Waals surface area contributed by atoms with E-state index in [2.05, 4.69) is 30.8 Å². The monoisotopic (exact) mass is 497 g/mol. The van der Waals surface area contributed by atoms with Crippen LogP contribution < -0.4 is 25.6 Å². The fraction of sp³-hybridized carbons (Fsp3) is 0.545. The number of nitrogens with zero attached hydrogens (tertiary/aromatic N) is 4. The Morgan fingerprint density at radius 3 is 2.60 bits per heavy atom. The minimum atomic E-state index is -4.48. The number of likely N-dealkylation sites (N-methyl/N-ethyl adjacent to an activating group) is 1. The van der Waals surface area contributed by atoms with Gasteiger partial charge in [-0.1, -0.05) is 6.92 Å². The van der Waals surface area contributed by atoms with Crippen molar-refractivity contribution in [1.29, 1.82) is 0 Å². The number of halogens is 3. The van der Waals surface area contributed by atoms with Crippen LogP contribution in [0.4, 0.5) is 19.0 Å². The fourth-order valence-corrected chi connectivity index (χ4v) is 3.51. The number of nitrogens with one attached hydrogen (secondary N) is 3. The van der Waals surface area contributed by atoms with Crippen molar-refractivity contribution in [2.45, 2.75) is 38.5 Å². The Morgan fingerprint density at radius 1 is 1.23 bits per heavy atom. The van der Waals surface area contributed by atoms with Crippen molar-refractivity contribution in [3.05, 3.63) is 29.7 Å². The molecule has 2 aliphatic heterocycles. The molecule has 1 unspecified atom stereocenters. The van der Waals surface area contributed by atoms with Crippen molar-refractivity contribution in [3.8, 4) is 5.88 Å². The summed E-state index contributed by atoms with van der Waals surface area (Å²) in [6.45, 7) is 4.75. The van der Waals surface area contributed by atoms with Gasteiger partial charge in [0.15, 0.2) is 12.1 Å². The normalized spacial score (nSPS) is 20.6. The fourth-order valence-electron chi connectivity index (χ4n) is 3.51. The number of aromatic nitrogens is 1. The van der Waals surface area contributed by atoms with Gasteiger partial charge in [-0.25, -0.2) is 0 Å². The largest absolute Gasteiger partial charge is 0.468 e. The van der Waals surface area contributed by atoms with E-state index in [1.54, 1.807) is 19.9 Å². The van der Waals surface area contributed by atoms with E-state index in [4.69, 9.17) is 4.74 Å². The number of carbonyl (C=O) groups is 2. The van der Waals surface area contributed by atoms with E-state index in [1.807, 2.05) is 11.9 Å². The van der Waals surface area contributed by atoms with Crippen LogP contribution in [0.25, 0.3) is 0 Å². The molecule has 1 aromatic rings. The van der Waals surface area contributed by atoms with Crippen molar-refractivity contribution >= 4 is 23.8 Å². The number of alkyl halides is 3. The number of hydrogen-bond donors (Lipinski definition) is 3. The standard InChI is InChI=1S/C22H30F3N7O3/c1-4-17(33)28-16-12-26-13-21(2,30-16)20(34)27-11-15-5-6-18(35-14-22(23,24)25)29-19(15)32-9-7-31(3)8-10-32/h5-6,12-13,30H,4,7-11,14H2,1-3H3,(H,27,34)(H,28,33). The predicted octanol–water partition coefficient (Wildman–Crippen LogP) is 1.15. The summed E-state index contributed by atoms with van der Waals surface area (Å²) in [6.07, 6.45) is -1.36. The van der Waals surface area contributed by atoms with Gasteiger partial charge in [-0.15, -0.1) is 0 Å². The molecule has 0 aromatic carbocycles. The number of rotatable bonds is 8. The Bertz CT molecular complexity index is 991. The van der Waals surface area contributed by atoms with Crippen LogP contribution in [-0.4, -0.2) is 79.5 Å².